The molecule has 0 aliphatic heterocycles. The third kappa shape index (κ3) is 15.9. The molecular formula is C16H36N2. The highest BCUT2D eigenvalue weighted by molar-refractivity contribution is 4.57. The summed E-state index contributed by atoms with van der Waals surface area (Å²) in [6, 6.07) is 0.290. The highest BCUT2D eigenvalue weighted by Gasteiger charge is 1.94. The molecule has 0 amide bonds. The first-order valence-corrected chi connectivity index (χ1v) is 8.23. The van der Waals surface area contributed by atoms with Gasteiger partial charge in [0.25, 0.3) is 0 Å². The van der Waals surface area contributed by atoms with Crippen LogP contribution in [0.5, 0.6) is 0 Å². The van der Waals surface area contributed by atoms with Crippen LogP contribution in [0, 0.1) is 0 Å². The van der Waals surface area contributed by atoms with Gasteiger partial charge in [-0.3, -0.25) is 0 Å². The lowest BCUT2D eigenvalue weighted by Gasteiger charge is -2.07. The largest absolute Gasteiger partial charge is 0.327 e. The monoisotopic (exact) mass is 256 g/mol. The second kappa shape index (κ2) is 15.0. The summed E-state index contributed by atoms with van der Waals surface area (Å²) in [5, 5.41) is 3.39. The Hall–Kier alpha value is -0.0800. The first kappa shape index (κ1) is 17.9. The molecule has 0 saturated heterocycles. The third-order valence-electron chi connectivity index (χ3n) is 3.42. The molecule has 110 valence electrons. The number of unbranched alkanes of at least 4 members (excludes halogenated alkanes) is 10. The van der Waals surface area contributed by atoms with Crippen molar-refractivity contribution < 1.29 is 0 Å². The normalized spacial score (nSPS) is 12.8. The van der Waals surface area contributed by atoms with E-state index >= 15 is 0 Å². The van der Waals surface area contributed by atoms with Crippen LogP contribution in [0.3, 0.4) is 0 Å². The summed E-state index contributed by atoms with van der Waals surface area (Å²) in [6.45, 7) is 6.42. The van der Waals surface area contributed by atoms with Crippen LogP contribution < -0.4 is 11.1 Å². The zero-order valence-electron chi connectivity index (χ0n) is 12.8. The molecule has 0 aromatic carbocycles. The Labute approximate surface area is 115 Å². The highest BCUT2D eigenvalue weighted by atomic mass is 14.9. The van der Waals surface area contributed by atoms with Crippen LogP contribution in [-0.4, -0.2) is 19.1 Å². The van der Waals surface area contributed by atoms with E-state index in [1.54, 1.807) is 0 Å². The van der Waals surface area contributed by atoms with Gasteiger partial charge in [0.15, 0.2) is 0 Å². The first-order valence-electron chi connectivity index (χ1n) is 8.23. The fourth-order valence-corrected chi connectivity index (χ4v) is 2.24. The van der Waals surface area contributed by atoms with Crippen molar-refractivity contribution in [1.29, 1.82) is 0 Å². The summed E-state index contributed by atoms with van der Waals surface area (Å²) in [4.78, 5) is 0. The summed E-state index contributed by atoms with van der Waals surface area (Å²) in [5.41, 5.74) is 5.67. The summed E-state index contributed by atoms with van der Waals surface area (Å²) >= 11 is 0. The number of hydrogen-bond acceptors (Lipinski definition) is 2. The van der Waals surface area contributed by atoms with Gasteiger partial charge in [-0.05, 0) is 19.9 Å². The van der Waals surface area contributed by atoms with Crippen molar-refractivity contribution in [3.63, 3.8) is 0 Å². The van der Waals surface area contributed by atoms with Crippen LogP contribution >= 0.6 is 0 Å². The van der Waals surface area contributed by atoms with Crippen LogP contribution in [0.1, 0.15) is 84.5 Å². The number of rotatable bonds is 14. The van der Waals surface area contributed by atoms with E-state index in [0.717, 1.165) is 13.1 Å². The maximum absolute atomic E-state index is 5.67. The van der Waals surface area contributed by atoms with Crippen molar-refractivity contribution in [2.75, 3.05) is 13.1 Å². The van der Waals surface area contributed by atoms with Crippen molar-refractivity contribution >= 4 is 0 Å². The van der Waals surface area contributed by atoms with Gasteiger partial charge in [-0.1, -0.05) is 71.1 Å². The average molecular weight is 256 g/mol. The standard InChI is InChI=1S/C16H36N2/c1-3-4-5-6-7-8-9-10-11-12-13-14-18-15-16(2)17/h16,18H,3-15,17H2,1-2H3. The van der Waals surface area contributed by atoms with E-state index < -0.39 is 0 Å². The van der Waals surface area contributed by atoms with Gasteiger partial charge < -0.3 is 11.1 Å². The summed E-state index contributed by atoms with van der Waals surface area (Å²) < 4.78 is 0. The fourth-order valence-electron chi connectivity index (χ4n) is 2.24. The lowest BCUT2D eigenvalue weighted by molar-refractivity contribution is 0.532. The SMILES string of the molecule is CCCCCCCCCCCCCNCC(C)N. The minimum atomic E-state index is 0.290. The zero-order chi connectivity index (χ0) is 13.5. The van der Waals surface area contributed by atoms with Crippen LogP contribution in [0.25, 0.3) is 0 Å². The molecule has 0 aromatic rings. The van der Waals surface area contributed by atoms with Gasteiger partial charge in [0, 0.05) is 12.6 Å². The number of nitrogens with one attached hydrogen (secondary N) is 1. The molecule has 1 unspecified atom stereocenters. The second-order valence-corrected chi connectivity index (χ2v) is 5.72. The molecule has 3 N–H and O–H groups in total. The Balaban J connectivity index is 2.90. The van der Waals surface area contributed by atoms with Crippen LogP contribution in [0.2, 0.25) is 0 Å². The first-order chi connectivity index (χ1) is 8.77. The predicted octanol–water partition coefficient (Wildman–Crippen LogP) is 4.23. The fraction of sp³-hybridized carbons (Fsp3) is 1.00. The molecular weight excluding hydrogens is 220 g/mol. The van der Waals surface area contributed by atoms with Crippen molar-refractivity contribution in [1.82, 2.24) is 5.32 Å². The predicted molar refractivity (Wildman–Crippen MR) is 83.0 cm³/mol. The molecule has 0 aliphatic rings. The van der Waals surface area contributed by atoms with Gasteiger partial charge in [0.2, 0.25) is 0 Å². The van der Waals surface area contributed by atoms with Gasteiger partial charge in [-0.2, -0.15) is 0 Å². The average Bonchev–Trinajstić information content (AvgIpc) is 2.34. The van der Waals surface area contributed by atoms with E-state index in [1.165, 1.54) is 70.6 Å². The molecule has 1 atom stereocenters. The lowest BCUT2D eigenvalue weighted by Crippen LogP contribution is -2.31. The highest BCUT2D eigenvalue weighted by Crippen LogP contribution is 2.10. The molecule has 0 aliphatic carbocycles. The second-order valence-electron chi connectivity index (χ2n) is 5.72. The molecule has 0 radical (unpaired) electrons. The smallest absolute Gasteiger partial charge is 0.0136 e. The van der Waals surface area contributed by atoms with E-state index in [-0.39, 0.29) is 6.04 Å². The van der Waals surface area contributed by atoms with Crippen LogP contribution in [0.4, 0.5) is 0 Å². The Morgan fingerprint density at radius 1 is 0.778 bits per heavy atom. The molecule has 0 rings (SSSR count). The minimum absolute atomic E-state index is 0.290. The van der Waals surface area contributed by atoms with Crippen LogP contribution in [-0.2, 0) is 0 Å². The van der Waals surface area contributed by atoms with Crippen molar-refractivity contribution in [3.8, 4) is 0 Å². The molecule has 0 fully saturated rings. The Morgan fingerprint density at radius 3 is 1.67 bits per heavy atom. The molecule has 0 saturated carbocycles. The minimum Gasteiger partial charge on any atom is -0.327 e. The van der Waals surface area contributed by atoms with E-state index in [1.807, 2.05) is 6.92 Å². The molecule has 0 heterocycles. The van der Waals surface area contributed by atoms with Crippen molar-refractivity contribution in [2.45, 2.75) is 90.5 Å². The van der Waals surface area contributed by atoms with E-state index in [0.29, 0.717) is 0 Å². The van der Waals surface area contributed by atoms with E-state index in [9.17, 15) is 0 Å². The van der Waals surface area contributed by atoms with Crippen molar-refractivity contribution in [3.05, 3.63) is 0 Å². The summed E-state index contributed by atoms with van der Waals surface area (Å²) in [6.07, 6.45) is 15.6. The number of nitrogens with two attached hydrogens (primary N) is 1. The van der Waals surface area contributed by atoms with E-state index in [4.69, 9.17) is 5.73 Å². The molecule has 0 bridgehead atoms. The molecule has 2 nitrogen and oxygen atoms in total. The molecule has 0 aromatic heterocycles. The Kier molecular flexibility index (Phi) is 14.9. The Morgan fingerprint density at radius 2 is 1.22 bits per heavy atom. The van der Waals surface area contributed by atoms with Crippen LogP contribution in [0.15, 0.2) is 0 Å². The topological polar surface area (TPSA) is 38.0 Å². The van der Waals surface area contributed by atoms with Crippen molar-refractivity contribution in [2.24, 2.45) is 5.73 Å². The lowest BCUT2D eigenvalue weighted by atomic mass is 10.1. The molecule has 2 heteroatoms. The Bertz CT molecular complexity index is 146. The maximum atomic E-state index is 5.67. The van der Waals surface area contributed by atoms with Gasteiger partial charge in [0.1, 0.15) is 0 Å². The quantitative estimate of drug-likeness (QED) is 0.456. The summed E-state index contributed by atoms with van der Waals surface area (Å²) in [5.74, 6) is 0. The van der Waals surface area contributed by atoms with Gasteiger partial charge in [-0.15, -0.1) is 0 Å². The number of hydrogen-bond donors (Lipinski definition) is 2. The summed E-state index contributed by atoms with van der Waals surface area (Å²) in [7, 11) is 0. The molecule has 18 heavy (non-hydrogen) atoms. The van der Waals surface area contributed by atoms with E-state index in [2.05, 4.69) is 12.2 Å². The maximum Gasteiger partial charge on any atom is 0.0136 e. The van der Waals surface area contributed by atoms with Gasteiger partial charge in [-0.25, -0.2) is 0 Å². The van der Waals surface area contributed by atoms with Gasteiger partial charge in [0.05, 0.1) is 0 Å². The van der Waals surface area contributed by atoms with Gasteiger partial charge >= 0.3 is 0 Å². The molecule has 0 spiro atoms. The third-order valence-corrected chi connectivity index (χ3v) is 3.42. The zero-order valence-corrected chi connectivity index (χ0v) is 12.8.